The van der Waals surface area contributed by atoms with Gasteiger partial charge >= 0.3 is 0 Å². The molecule has 7 nitrogen and oxygen atoms in total. The molecule has 1 aromatic carbocycles. The van der Waals surface area contributed by atoms with E-state index in [1.165, 1.54) is 12.3 Å². The van der Waals surface area contributed by atoms with Crippen molar-refractivity contribution in [3.8, 4) is 5.75 Å². The van der Waals surface area contributed by atoms with Gasteiger partial charge in [-0.1, -0.05) is 26.0 Å². The van der Waals surface area contributed by atoms with Gasteiger partial charge < -0.3 is 24.1 Å². The van der Waals surface area contributed by atoms with E-state index in [0.29, 0.717) is 36.8 Å². The number of carbonyl (C=O) groups is 2. The van der Waals surface area contributed by atoms with E-state index < -0.39 is 23.5 Å². The molecule has 1 aliphatic heterocycles. The number of nitrogens with zero attached hydrogens (tertiary/aromatic N) is 2. The Labute approximate surface area is 189 Å². The number of Topliss-reactive ketones (excluding diaryl/α,β-unsaturated/α-hetero) is 1. The maximum atomic E-state index is 13.2. The van der Waals surface area contributed by atoms with Gasteiger partial charge in [-0.3, -0.25) is 9.59 Å². The van der Waals surface area contributed by atoms with Crippen molar-refractivity contribution >= 4 is 11.7 Å². The zero-order valence-corrected chi connectivity index (χ0v) is 19.2. The highest BCUT2D eigenvalue weighted by Crippen LogP contribution is 2.40. The summed E-state index contributed by atoms with van der Waals surface area (Å²) in [5.41, 5.74) is 0.748. The molecular weight excluding hydrogens is 408 g/mol. The van der Waals surface area contributed by atoms with Gasteiger partial charge in [-0.2, -0.15) is 0 Å². The number of amides is 1. The van der Waals surface area contributed by atoms with Crippen LogP contribution in [0.25, 0.3) is 0 Å². The first-order valence-electron chi connectivity index (χ1n) is 11.0. The van der Waals surface area contributed by atoms with Crippen LogP contribution in [0.1, 0.15) is 48.8 Å². The molecule has 1 amide bonds. The number of ketones is 1. The number of hydrogen-bond acceptors (Lipinski definition) is 6. The molecule has 32 heavy (non-hydrogen) atoms. The molecule has 1 aliphatic rings. The van der Waals surface area contributed by atoms with Crippen molar-refractivity contribution in [2.45, 2.75) is 32.7 Å². The van der Waals surface area contributed by atoms with Crippen LogP contribution < -0.4 is 4.74 Å². The highest BCUT2D eigenvalue weighted by Gasteiger charge is 2.44. The summed E-state index contributed by atoms with van der Waals surface area (Å²) in [5, 5.41) is 10.7. The molecule has 2 heterocycles. The summed E-state index contributed by atoms with van der Waals surface area (Å²) in [4.78, 5) is 29.7. The second-order valence-electron chi connectivity index (χ2n) is 8.73. The molecule has 1 N–H and O–H groups in total. The second-order valence-corrected chi connectivity index (χ2v) is 8.73. The molecule has 7 heteroatoms. The van der Waals surface area contributed by atoms with Crippen molar-refractivity contribution in [3.63, 3.8) is 0 Å². The Kier molecular flexibility index (Phi) is 7.75. The Balaban J connectivity index is 1.94. The van der Waals surface area contributed by atoms with Gasteiger partial charge in [-0.05, 0) is 69.2 Å². The predicted molar refractivity (Wildman–Crippen MR) is 122 cm³/mol. The smallest absolute Gasteiger partial charge is 0.290 e. The molecule has 3 rings (SSSR count). The molecule has 0 radical (unpaired) electrons. The predicted octanol–water partition coefficient (Wildman–Crippen LogP) is 4.23. The van der Waals surface area contributed by atoms with Crippen LogP contribution in [0.15, 0.2) is 58.4 Å². The quantitative estimate of drug-likeness (QED) is 0.527. The van der Waals surface area contributed by atoms with Gasteiger partial charge in [0, 0.05) is 6.54 Å². The first kappa shape index (κ1) is 23.6. The van der Waals surface area contributed by atoms with Crippen molar-refractivity contribution in [2.75, 3.05) is 33.8 Å². The second kappa shape index (κ2) is 10.5. The van der Waals surface area contributed by atoms with Crippen LogP contribution in [0.4, 0.5) is 0 Å². The third kappa shape index (κ3) is 5.40. The van der Waals surface area contributed by atoms with Crippen LogP contribution >= 0.6 is 0 Å². The summed E-state index contributed by atoms with van der Waals surface area (Å²) < 4.78 is 11.2. The van der Waals surface area contributed by atoms with Crippen molar-refractivity contribution < 1.29 is 23.8 Å². The first-order valence-corrected chi connectivity index (χ1v) is 11.0. The van der Waals surface area contributed by atoms with Crippen LogP contribution in [-0.4, -0.2) is 60.4 Å². The lowest BCUT2D eigenvalue weighted by atomic mass is 9.95. The SMILES string of the molecule is CC(C)CCOc1cccc(C2C(C(=O)c3ccco3)=C(O)C(=O)N2CCCN(C)C)c1. The van der Waals surface area contributed by atoms with E-state index in [4.69, 9.17) is 9.15 Å². The number of carbonyl (C=O) groups excluding carboxylic acids is 2. The van der Waals surface area contributed by atoms with Crippen LogP contribution in [0.2, 0.25) is 0 Å². The molecule has 1 atom stereocenters. The summed E-state index contributed by atoms with van der Waals surface area (Å²) in [6.45, 7) is 6.03. The lowest BCUT2D eigenvalue weighted by Crippen LogP contribution is -2.33. The molecule has 172 valence electrons. The lowest BCUT2D eigenvalue weighted by molar-refractivity contribution is -0.129. The van der Waals surface area contributed by atoms with E-state index in [0.717, 1.165) is 13.0 Å². The van der Waals surface area contributed by atoms with Gasteiger partial charge in [0.15, 0.2) is 11.5 Å². The third-order valence-corrected chi connectivity index (χ3v) is 5.44. The molecule has 1 unspecified atom stereocenters. The number of aliphatic hydroxyl groups excluding tert-OH is 1. The Bertz CT molecular complexity index is 962. The highest BCUT2D eigenvalue weighted by atomic mass is 16.5. The number of furan rings is 1. The summed E-state index contributed by atoms with van der Waals surface area (Å²) in [5.74, 6) is -0.284. The molecule has 0 saturated carbocycles. The molecule has 0 spiro atoms. The number of benzene rings is 1. The molecule has 0 saturated heterocycles. The zero-order valence-electron chi connectivity index (χ0n) is 19.2. The average molecular weight is 441 g/mol. The molecule has 0 bridgehead atoms. The Morgan fingerprint density at radius 3 is 2.69 bits per heavy atom. The summed E-state index contributed by atoms with van der Waals surface area (Å²) in [6, 6.07) is 9.81. The van der Waals surface area contributed by atoms with Gasteiger partial charge in [0.2, 0.25) is 5.78 Å². The minimum Gasteiger partial charge on any atom is -0.503 e. The average Bonchev–Trinajstić information content (AvgIpc) is 3.36. The normalized spacial score (nSPS) is 16.5. The maximum absolute atomic E-state index is 13.2. The van der Waals surface area contributed by atoms with Crippen molar-refractivity contribution in [1.82, 2.24) is 9.80 Å². The minimum atomic E-state index is -0.712. The van der Waals surface area contributed by atoms with Crippen LogP contribution in [-0.2, 0) is 4.79 Å². The zero-order chi connectivity index (χ0) is 23.3. The Morgan fingerprint density at radius 1 is 1.25 bits per heavy atom. The molecule has 0 aliphatic carbocycles. The first-order chi connectivity index (χ1) is 15.3. The van der Waals surface area contributed by atoms with Crippen LogP contribution in [0, 0.1) is 5.92 Å². The van der Waals surface area contributed by atoms with E-state index >= 15 is 0 Å². The van der Waals surface area contributed by atoms with Crippen molar-refractivity contribution in [2.24, 2.45) is 5.92 Å². The monoisotopic (exact) mass is 440 g/mol. The van der Waals surface area contributed by atoms with Gasteiger partial charge in [0.25, 0.3) is 5.91 Å². The van der Waals surface area contributed by atoms with Gasteiger partial charge in [-0.15, -0.1) is 0 Å². The fourth-order valence-corrected chi connectivity index (χ4v) is 3.75. The van der Waals surface area contributed by atoms with Crippen molar-refractivity contribution in [3.05, 3.63) is 65.3 Å². The third-order valence-electron chi connectivity index (χ3n) is 5.44. The summed E-state index contributed by atoms with van der Waals surface area (Å²) in [7, 11) is 3.92. The van der Waals surface area contributed by atoms with E-state index in [1.54, 1.807) is 11.0 Å². The van der Waals surface area contributed by atoms with Crippen molar-refractivity contribution in [1.29, 1.82) is 0 Å². The summed E-state index contributed by atoms with van der Waals surface area (Å²) in [6.07, 6.45) is 3.02. The number of aliphatic hydroxyl groups is 1. The minimum absolute atomic E-state index is 0.0362. The number of rotatable bonds is 11. The molecular formula is C25H32N2O5. The number of ether oxygens (including phenoxy) is 1. The van der Waals surface area contributed by atoms with E-state index in [-0.39, 0.29) is 11.3 Å². The molecule has 0 fully saturated rings. The van der Waals surface area contributed by atoms with Crippen LogP contribution in [0.5, 0.6) is 5.75 Å². The standard InChI is InChI=1S/C25H32N2O5/c1-17(2)11-15-31-19-9-5-8-18(16-19)22-21(23(28)20-10-6-14-32-20)24(29)25(30)27(22)13-7-12-26(3)4/h5-6,8-10,14,16-17,22,29H,7,11-13,15H2,1-4H3. The van der Waals surface area contributed by atoms with Crippen LogP contribution in [0.3, 0.4) is 0 Å². The van der Waals surface area contributed by atoms with Gasteiger partial charge in [-0.25, -0.2) is 0 Å². The van der Waals surface area contributed by atoms with Gasteiger partial charge in [0.1, 0.15) is 5.75 Å². The van der Waals surface area contributed by atoms with E-state index in [1.807, 2.05) is 43.3 Å². The lowest BCUT2D eigenvalue weighted by Gasteiger charge is -2.27. The molecule has 1 aromatic heterocycles. The Morgan fingerprint density at radius 2 is 2.03 bits per heavy atom. The van der Waals surface area contributed by atoms with E-state index in [2.05, 4.69) is 13.8 Å². The summed E-state index contributed by atoms with van der Waals surface area (Å²) >= 11 is 0. The number of hydrogen-bond donors (Lipinski definition) is 1. The largest absolute Gasteiger partial charge is 0.503 e. The Hall–Kier alpha value is -3.06. The fourth-order valence-electron chi connectivity index (χ4n) is 3.75. The van der Waals surface area contributed by atoms with Gasteiger partial charge in [0.05, 0.1) is 24.5 Å². The fraction of sp³-hybridized carbons (Fsp3) is 0.440. The highest BCUT2D eigenvalue weighted by molar-refractivity contribution is 6.15. The van der Waals surface area contributed by atoms with E-state index in [9.17, 15) is 14.7 Å². The topological polar surface area (TPSA) is 83.2 Å². The molecule has 2 aromatic rings. The maximum Gasteiger partial charge on any atom is 0.290 e.